The van der Waals surface area contributed by atoms with Crippen LogP contribution in [-0.2, 0) is 9.59 Å². The minimum atomic E-state index is -0.889. The molecule has 2 N–H and O–H groups in total. The molecule has 0 radical (unpaired) electrons. The largest absolute Gasteiger partial charge is 0.491 e. The average Bonchev–Trinajstić information content (AvgIpc) is 2.81. The SMILES string of the molecule is O=C(O)CCCN1C(=O)/C(=C/c2ccc(OCCO)cc2)SC1=S. The molecule has 0 unspecified atom stereocenters. The van der Waals surface area contributed by atoms with Gasteiger partial charge in [-0.25, -0.2) is 0 Å². The molecular weight excluding hydrogens is 350 g/mol. The number of aliphatic hydroxyl groups excluding tert-OH is 1. The van der Waals surface area contributed by atoms with Crippen molar-refractivity contribution in [3.8, 4) is 5.75 Å². The van der Waals surface area contributed by atoms with Crippen molar-refractivity contribution in [2.24, 2.45) is 0 Å². The molecule has 1 aliphatic heterocycles. The Morgan fingerprint density at radius 3 is 2.67 bits per heavy atom. The third-order valence-electron chi connectivity index (χ3n) is 3.18. The maximum absolute atomic E-state index is 12.4. The van der Waals surface area contributed by atoms with Crippen LogP contribution in [0.25, 0.3) is 6.08 Å². The van der Waals surface area contributed by atoms with Crippen LogP contribution in [0.2, 0.25) is 0 Å². The molecule has 1 amide bonds. The second kappa shape index (κ2) is 8.81. The molecule has 0 bridgehead atoms. The number of ether oxygens (including phenoxy) is 1. The molecule has 0 spiro atoms. The number of hydrogen-bond acceptors (Lipinski definition) is 6. The number of benzene rings is 1. The molecule has 1 aromatic carbocycles. The molecule has 128 valence electrons. The van der Waals surface area contributed by atoms with E-state index in [-0.39, 0.29) is 25.5 Å². The number of carboxylic acid groups (broad SMARTS) is 1. The smallest absolute Gasteiger partial charge is 0.303 e. The van der Waals surface area contributed by atoms with Gasteiger partial charge in [0.25, 0.3) is 5.91 Å². The van der Waals surface area contributed by atoms with Gasteiger partial charge in [-0.1, -0.05) is 36.1 Å². The van der Waals surface area contributed by atoms with Gasteiger partial charge in [0, 0.05) is 13.0 Å². The quantitative estimate of drug-likeness (QED) is 0.537. The van der Waals surface area contributed by atoms with Crippen LogP contribution in [0.5, 0.6) is 5.75 Å². The van der Waals surface area contributed by atoms with Crippen molar-refractivity contribution >= 4 is 46.3 Å². The highest BCUT2D eigenvalue weighted by Crippen LogP contribution is 2.32. The second-order valence-corrected chi connectivity index (χ2v) is 6.65. The van der Waals surface area contributed by atoms with Gasteiger partial charge >= 0.3 is 5.97 Å². The monoisotopic (exact) mass is 367 g/mol. The van der Waals surface area contributed by atoms with Crippen molar-refractivity contribution in [1.82, 2.24) is 4.90 Å². The number of rotatable bonds is 8. The first-order valence-electron chi connectivity index (χ1n) is 7.32. The van der Waals surface area contributed by atoms with E-state index in [1.54, 1.807) is 18.2 Å². The topological polar surface area (TPSA) is 87.1 Å². The Hall–Kier alpha value is -1.90. The van der Waals surface area contributed by atoms with E-state index < -0.39 is 5.97 Å². The number of carbonyl (C=O) groups excluding carboxylic acids is 1. The van der Waals surface area contributed by atoms with Crippen molar-refractivity contribution in [3.05, 3.63) is 34.7 Å². The summed E-state index contributed by atoms with van der Waals surface area (Å²) in [5.41, 5.74) is 0.831. The lowest BCUT2D eigenvalue weighted by Gasteiger charge is -2.13. The zero-order valence-corrected chi connectivity index (χ0v) is 14.4. The molecule has 8 heteroatoms. The summed E-state index contributed by atoms with van der Waals surface area (Å²) in [6.07, 6.45) is 2.11. The first-order chi connectivity index (χ1) is 11.5. The van der Waals surface area contributed by atoms with Gasteiger partial charge in [-0.2, -0.15) is 0 Å². The first-order valence-corrected chi connectivity index (χ1v) is 8.54. The van der Waals surface area contributed by atoms with Crippen LogP contribution in [0.3, 0.4) is 0 Å². The van der Waals surface area contributed by atoms with Gasteiger partial charge in [0.2, 0.25) is 0 Å². The van der Waals surface area contributed by atoms with Crippen LogP contribution in [0.4, 0.5) is 0 Å². The van der Waals surface area contributed by atoms with Gasteiger partial charge in [0.05, 0.1) is 11.5 Å². The molecule has 0 aliphatic carbocycles. The number of aliphatic hydroxyl groups is 1. The molecule has 1 heterocycles. The minimum Gasteiger partial charge on any atom is -0.491 e. The Labute approximate surface area is 149 Å². The normalized spacial score (nSPS) is 16.0. The van der Waals surface area contributed by atoms with Crippen LogP contribution in [0.1, 0.15) is 18.4 Å². The van der Waals surface area contributed by atoms with E-state index in [1.807, 2.05) is 12.1 Å². The number of amides is 1. The molecule has 0 saturated carbocycles. The van der Waals surface area contributed by atoms with Gasteiger partial charge in [0.15, 0.2) is 0 Å². The van der Waals surface area contributed by atoms with E-state index in [1.165, 1.54) is 16.7 Å². The summed E-state index contributed by atoms with van der Waals surface area (Å²) in [7, 11) is 0. The van der Waals surface area contributed by atoms with Crippen LogP contribution >= 0.6 is 24.0 Å². The summed E-state index contributed by atoms with van der Waals surface area (Å²) in [6, 6.07) is 7.14. The predicted octanol–water partition coefficient (Wildman–Crippen LogP) is 2.12. The van der Waals surface area contributed by atoms with E-state index in [0.29, 0.717) is 27.9 Å². The standard InChI is InChI=1S/C16H17NO5S2/c18-8-9-22-12-5-3-11(4-6-12)10-13-15(21)17(16(23)24-13)7-1-2-14(19)20/h3-6,10,18H,1-2,7-9H2,(H,19,20)/b13-10-. The molecule has 1 saturated heterocycles. The van der Waals surface area contributed by atoms with Crippen LogP contribution in [0.15, 0.2) is 29.2 Å². The number of hydrogen-bond donors (Lipinski definition) is 2. The van der Waals surface area contributed by atoms with E-state index in [0.717, 1.165) is 5.56 Å². The van der Waals surface area contributed by atoms with E-state index in [9.17, 15) is 9.59 Å². The maximum Gasteiger partial charge on any atom is 0.303 e. The summed E-state index contributed by atoms with van der Waals surface area (Å²) < 4.78 is 5.72. The van der Waals surface area contributed by atoms with Crippen LogP contribution in [0, 0.1) is 0 Å². The molecule has 2 rings (SSSR count). The van der Waals surface area contributed by atoms with E-state index >= 15 is 0 Å². The van der Waals surface area contributed by atoms with Crippen LogP contribution in [-0.4, -0.2) is 51.1 Å². The van der Waals surface area contributed by atoms with Gasteiger partial charge < -0.3 is 14.9 Å². The number of thiocarbonyl (C=S) groups is 1. The van der Waals surface area contributed by atoms with Crippen molar-refractivity contribution in [2.75, 3.05) is 19.8 Å². The Morgan fingerprint density at radius 1 is 1.33 bits per heavy atom. The second-order valence-electron chi connectivity index (χ2n) is 4.97. The third-order valence-corrected chi connectivity index (χ3v) is 4.56. The van der Waals surface area contributed by atoms with E-state index in [4.69, 9.17) is 27.2 Å². The summed E-state index contributed by atoms with van der Waals surface area (Å²) in [5, 5.41) is 17.4. The highest BCUT2D eigenvalue weighted by molar-refractivity contribution is 8.26. The zero-order valence-electron chi connectivity index (χ0n) is 12.8. The number of nitrogens with zero attached hydrogens (tertiary/aromatic N) is 1. The highest BCUT2D eigenvalue weighted by atomic mass is 32.2. The lowest BCUT2D eigenvalue weighted by atomic mass is 10.2. The van der Waals surface area contributed by atoms with Gasteiger partial charge in [0.1, 0.15) is 16.7 Å². The first kappa shape index (κ1) is 18.4. The summed E-state index contributed by atoms with van der Waals surface area (Å²) in [5.74, 6) is -0.446. The lowest BCUT2D eigenvalue weighted by Crippen LogP contribution is -2.29. The molecule has 24 heavy (non-hydrogen) atoms. The fourth-order valence-electron chi connectivity index (χ4n) is 2.06. The van der Waals surface area contributed by atoms with Crippen molar-refractivity contribution in [2.45, 2.75) is 12.8 Å². The van der Waals surface area contributed by atoms with Crippen molar-refractivity contribution in [1.29, 1.82) is 0 Å². The number of thioether (sulfide) groups is 1. The van der Waals surface area contributed by atoms with Gasteiger partial charge in [-0.15, -0.1) is 0 Å². The molecule has 1 aliphatic rings. The molecule has 1 aromatic rings. The van der Waals surface area contributed by atoms with E-state index in [2.05, 4.69) is 0 Å². The maximum atomic E-state index is 12.4. The molecule has 0 aromatic heterocycles. The summed E-state index contributed by atoms with van der Waals surface area (Å²) >= 11 is 6.41. The lowest BCUT2D eigenvalue weighted by molar-refractivity contribution is -0.137. The summed E-state index contributed by atoms with van der Waals surface area (Å²) in [6.45, 7) is 0.489. The van der Waals surface area contributed by atoms with Gasteiger partial charge in [-0.05, 0) is 30.2 Å². The van der Waals surface area contributed by atoms with Crippen molar-refractivity contribution < 1.29 is 24.5 Å². The summed E-state index contributed by atoms with van der Waals surface area (Å²) in [4.78, 5) is 24.9. The predicted molar refractivity (Wildman–Crippen MR) is 95.8 cm³/mol. The Balaban J connectivity index is 2.01. The fraction of sp³-hybridized carbons (Fsp3) is 0.312. The Bertz CT molecular complexity index is 657. The molecule has 6 nitrogen and oxygen atoms in total. The molecular formula is C16H17NO5S2. The minimum absolute atomic E-state index is 0.00537. The zero-order chi connectivity index (χ0) is 17.5. The Kier molecular flexibility index (Phi) is 6.77. The van der Waals surface area contributed by atoms with Crippen molar-refractivity contribution in [3.63, 3.8) is 0 Å². The molecule has 1 fully saturated rings. The number of carboxylic acids is 1. The number of carbonyl (C=O) groups is 2. The highest BCUT2D eigenvalue weighted by Gasteiger charge is 2.31. The third kappa shape index (κ3) is 5.05. The average molecular weight is 367 g/mol. The van der Waals surface area contributed by atoms with Crippen LogP contribution < -0.4 is 4.74 Å². The van der Waals surface area contributed by atoms with Gasteiger partial charge in [-0.3, -0.25) is 14.5 Å². The number of aliphatic carboxylic acids is 1. The fourth-order valence-corrected chi connectivity index (χ4v) is 3.36. The molecule has 0 atom stereocenters. The Morgan fingerprint density at radius 2 is 2.04 bits per heavy atom.